The van der Waals surface area contributed by atoms with Gasteiger partial charge in [0, 0.05) is 18.0 Å². The second kappa shape index (κ2) is 7.95. The van der Waals surface area contributed by atoms with E-state index in [2.05, 4.69) is 5.10 Å². The molecule has 0 fully saturated rings. The zero-order valence-electron chi connectivity index (χ0n) is 13.0. The second-order valence-corrected chi connectivity index (χ2v) is 6.43. The van der Waals surface area contributed by atoms with Crippen LogP contribution in [0, 0.1) is 0 Å². The normalized spacial score (nSPS) is 10.7. The molecule has 1 heterocycles. The van der Waals surface area contributed by atoms with Crippen molar-refractivity contribution in [1.29, 1.82) is 0 Å². The molecule has 0 atom stereocenters. The largest absolute Gasteiger partial charge is 0.497 e. The van der Waals surface area contributed by atoms with Crippen molar-refractivity contribution in [2.45, 2.75) is 23.8 Å². The summed E-state index contributed by atoms with van der Waals surface area (Å²) in [6, 6.07) is 5.11. The van der Waals surface area contributed by atoms with Crippen LogP contribution >= 0.6 is 35.0 Å². The lowest BCUT2D eigenvalue weighted by molar-refractivity contribution is 0.201. The smallest absolute Gasteiger partial charge is 0.344 e. The molecular weight excluding hydrogens is 357 g/mol. The van der Waals surface area contributed by atoms with E-state index in [4.69, 9.17) is 27.9 Å². The van der Waals surface area contributed by atoms with Crippen LogP contribution in [-0.4, -0.2) is 40.9 Å². The first-order valence-corrected chi connectivity index (χ1v) is 8.63. The fourth-order valence-corrected chi connectivity index (χ4v) is 3.24. The van der Waals surface area contributed by atoms with Gasteiger partial charge in [0.05, 0.1) is 23.4 Å². The van der Waals surface area contributed by atoms with E-state index in [0.29, 0.717) is 33.9 Å². The van der Waals surface area contributed by atoms with Crippen LogP contribution in [-0.2, 0) is 0 Å². The Kier molecular flexibility index (Phi) is 6.21. The van der Waals surface area contributed by atoms with Crippen LogP contribution in [0.4, 0.5) is 4.79 Å². The number of ether oxygens (including phenoxy) is 1. The highest BCUT2D eigenvalue weighted by Gasteiger charge is 2.18. The molecular formula is C15H17Cl2N3O2S. The Labute approximate surface area is 149 Å². The van der Waals surface area contributed by atoms with Gasteiger partial charge in [0.15, 0.2) is 0 Å². The van der Waals surface area contributed by atoms with Crippen LogP contribution in [0.15, 0.2) is 34.3 Å². The monoisotopic (exact) mass is 373 g/mol. The van der Waals surface area contributed by atoms with E-state index < -0.39 is 0 Å². The molecule has 0 aliphatic heterocycles. The van der Waals surface area contributed by atoms with Gasteiger partial charge in [-0.25, -0.2) is 4.79 Å². The zero-order chi connectivity index (χ0) is 17.0. The fourth-order valence-electron chi connectivity index (χ4n) is 1.94. The molecule has 8 heteroatoms. The standard InChI is InChI=1S/C15H17Cl2N3O2S/c1-4-19(5-2)15(21)20-9-12(17)14(18-20)23-13-8-10(22-3)6-7-11(13)16/h6-9H,4-5H2,1-3H3. The molecule has 0 N–H and O–H groups in total. The van der Waals surface area contributed by atoms with Crippen molar-refractivity contribution in [3.05, 3.63) is 34.4 Å². The fraction of sp³-hybridized carbons (Fsp3) is 0.333. The van der Waals surface area contributed by atoms with Gasteiger partial charge < -0.3 is 9.64 Å². The first-order chi connectivity index (χ1) is 11.0. The molecule has 1 aromatic heterocycles. The van der Waals surface area contributed by atoms with E-state index in [1.54, 1.807) is 30.2 Å². The molecule has 1 aromatic carbocycles. The Balaban J connectivity index is 2.27. The van der Waals surface area contributed by atoms with Crippen molar-refractivity contribution in [3.8, 4) is 5.75 Å². The molecule has 0 aliphatic carbocycles. The Bertz CT molecular complexity index is 702. The lowest BCUT2D eigenvalue weighted by Crippen LogP contribution is -2.34. The summed E-state index contributed by atoms with van der Waals surface area (Å²) >= 11 is 13.7. The van der Waals surface area contributed by atoms with Crippen molar-refractivity contribution in [2.75, 3.05) is 20.2 Å². The summed E-state index contributed by atoms with van der Waals surface area (Å²) in [6.45, 7) is 5.05. The average molecular weight is 374 g/mol. The second-order valence-electron chi connectivity index (χ2n) is 4.58. The molecule has 0 spiro atoms. The first-order valence-electron chi connectivity index (χ1n) is 7.06. The number of methoxy groups -OCH3 is 1. The number of carbonyl (C=O) groups is 1. The van der Waals surface area contributed by atoms with Gasteiger partial charge in [0.1, 0.15) is 10.8 Å². The minimum absolute atomic E-state index is 0.208. The third kappa shape index (κ3) is 4.13. The molecule has 0 bridgehead atoms. The predicted octanol–water partition coefficient (Wildman–Crippen LogP) is 4.66. The summed E-state index contributed by atoms with van der Waals surface area (Å²) in [5.74, 6) is 0.687. The van der Waals surface area contributed by atoms with E-state index in [1.807, 2.05) is 13.8 Å². The lowest BCUT2D eigenvalue weighted by Gasteiger charge is -2.17. The van der Waals surface area contributed by atoms with Crippen molar-refractivity contribution >= 4 is 41.0 Å². The van der Waals surface area contributed by atoms with Gasteiger partial charge in [-0.2, -0.15) is 9.78 Å². The highest BCUT2D eigenvalue weighted by atomic mass is 35.5. The van der Waals surface area contributed by atoms with Crippen LogP contribution < -0.4 is 4.74 Å². The van der Waals surface area contributed by atoms with Gasteiger partial charge in [-0.3, -0.25) is 0 Å². The number of halogens is 2. The SMILES string of the molecule is CCN(CC)C(=O)n1cc(Cl)c(Sc2cc(OC)ccc2Cl)n1. The molecule has 0 saturated carbocycles. The van der Waals surface area contributed by atoms with Crippen LogP contribution in [0.5, 0.6) is 5.75 Å². The van der Waals surface area contributed by atoms with Gasteiger partial charge in [-0.15, -0.1) is 0 Å². The van der Waals surface area contributed by atoms with Gasteiger partial charge in [0.2, 0.25) is 0 Å². The van der Waals surface area contributed by atoms with E-state index >= 15 is 0 Å². The molecule has 1 amide bonds. The molecule has 2 aromatic rings. The molecule has 0 radical (unpaired) electrons. The predicted molar refractivity (Wildman–Crippen MR) is 93.1 cm³/mol. The Morgan fingerprint density at radius 2 is 2.00 bits per heavy atom. The number of amides is 1. The minimum Gasteiger partial charge on any atom is -0.497 e. The molecule has 5 nitrogen and oxygen atoms in total. The molecule has 0 unspecified atom stereocenters. The van der Waals surface area contributed by atoms with E-state index in [0.717, 1.165) is 4.90 Å². The van der Waals surface area contributed by atoms with Crippen LogP contribution in [0.3, 0.4) is 0 Å². The first kappa shape index (κ1) is 18.0. The molecule has 0 aliphatic rings. The van der Waals surface area contributed by atoms with Crippen molar-refractivity contribution < 1.29 is 9.53 Å². The summed E-state index contributed by atoms with van der Waals surface area (Å²) < 4.78 is 6.45. The summed E-state index contributed by atoms with van der Waals surface area (Å²) in [7, 11) is 1.59. The maximum Gasteiger partial charge on any atom is 0.344 e. The average Bonchev–Trinajstić information content (AvgIpc) is 2.91. The van der Waals surface area contributed by atoms with E-state index in [9.17, 15) is 4.79 Å². The Hall–Kier alpha value is -1.37. The molecule has 124 valence electrons. The highest BCUT2D eigenvalue weighted by Crippen LogP contribution is 2.37. The summed E-state index contributed by atoms with van der Waals surface area (Å²) in [5.41, 5.74) is 0. The maximum absolute atomic E-state index is 12.3. The number of nitrogens with zero attached hydrogens (tertiary/aromatic N) is 3. The molecule has 23 heavy (non-hydrogen) atoms. The quantitative estimate of drug-likeness (QED) is 0.764. The van der Waals surface area contributed by atoms with Gasteiger partial charge in [-0.05, 0) is 32.0 Å². The minimum atomic E-state index is -0.208. The lowest BCUT2D eigenvalue weighted by atomic mass is 10.3. The van der Waals surface area contributed by atoms with Gasteiger partial charge in [-0.1, -0.05) is 35.0 Å². The maximum atomic E-state index is 12.3. The third-order valence-electron chi connectivity index (χ3n) is 3.21. The van der Waals surface area contributed by atoms with Gasteiger partial charge in [0.25, 0.3) is 0 Å². The number of hydrogen-bond acceptors (Lipinski definition) is 4. The highest BCUT2D eigenvalue weighted by molar-refractivity contribution is 7.99. The van der Waals surface area contributed by atoms with Crippen LogP contribution in [0.2, 0.25) is 10.0 Å². The van der Waals surface area contributed by atoms with Crippen molar-refractivity contribution in [1.82, 2.24) is 14.7 Å². The Morgan fingerprint density at radius 1 is 1.30 bits per heavy atom. The summed E-state index contributed by atoms with van der Waals surface area (Å²) in [4.78, 5) is 14.7. The molecule has 2 rings (SSSR count). The number of hydrogen-bond donors (Lipinski definition) is 0. The van der Waals surface area contributed by atoms with Crippen molar-refractivity contribution in [3.63, 3.8) is 0 Å². The summed E-state index contributed by atoms with van der Waals surface area (Å²) in [5, 5.41) is 5.76. The zero-order valence-corrected chi connectivity index (χ0v) is 15.4. The van der Waals surface area contributed by atoms with Gasteiger partial charge >= 0.3 is 6.03 Å². The number of benzene rings is 1. The van der Waals surface area contributed by atoms with E-state index in [-0.39, 0.29) is 6.03 Å². The van der Waals surface area contributed by atoms with Crippen LogP contribution in [0.25, 0.3) is 0 Å². The third-order valence-corrected chi connectivity index (χ3v) is 5.10. The van der Waals surface area contributed by atoms with E-state index in [1.165, 1.54) is 22.6 Å². The molecule has 0 saturated heterocycles. The number of rotatable bonds is 5. The van der Waals surface area contributed by atoms with Crippen molar-refractivity contribution in [2.24, 2.45) is 0 Å². The summed E-state index contributed by atoms with van der Waals surface area (Å²) in [6.07, 6.45) is 1.51. The topological polar surface area (TPSA) is 47.4 Å². The number of aromatic nitrogens is 2. The number of carbonyl (C=O) groups excluding carboxylic acids is 1. The van der Waals surface area contributed by atoms with Crippen LogP contribution in [0.1, 0.15) is 13.8 Å². The Morgan fingerprint density at radius 3 is 2.61 bits per heavy atom.